The fourth-order valence-corrected chi connectivity index (χ4v) is 2.41. The third kappa shape index (κ3) is 5.15. The maximum Gasteiger partial charge on any atom is 0.235 e. The lowest BCUT2D eigenvalue weighted by Crippen LogP contribution is -2.30. The largest absolute Gasteiger partial charge is 0.348 e. The van der Waals surface area contributed by atoms with Crippen molar-refractivity contribution in [3.05, 3.63) is 0 Å². The highest BCUT2D eigenvalue weighted by molar-refractivity contribution is 8.00. The van der Waals surface area contributed by atoms with Crippen LogP contribution in [0.1, 0.15) is 20.8 Å². The van der Waals surface area contributed by atoms with E-state index in [4.69, 9.17) is 0 Å². The number of nitrogens with one attached hydrogen (secondary N) is 1. The Morgan fingerprint density at radius 2 is 2.11 bits per heavy atom. The summed E-state index contributed by atoms with van der Waals surface area (Å²) >= 11 is 1.38. The van der Waals surface area contributed by atoms with Gasteiger partial charge >= 0.3 is 0 Å². The minimum atomic E-state index is -0.196. The van der Waals surface area contributed by atoms with Gasteiger partial charge in [-0.1, -0.05) is 25.6 Å². The first-order valence-electron chi connectivity index (χ1n) is 6.29. The molecule has 1 heterocycles. The molecule has 1 N–H and O–H groups in total. The van der Waals surface area contributed by atoms with Crippen molar-refractivity contribution in [3.8, 4) is 0 Å². The van der Waals surface area contributed by atoms with Gasteiger partial charge in [0.2, 0.25) is 11.1 Å². The average molecular weight is 286 g/mol. The normalized spacial score (nSPS) is 12.7. The number of hydrogen-bond donors (Lipinski definition) is 1. The van der Waals surface area contributed by atoms with Crippen LogP contribution in [0, 0.1) is 0 Å². The maximum absolute atomic E-state index is 11.8. The Bertz CT molecular complexity index is 406. The third-order valence-corrected chi connectivity index (χ3v) is 3.50. The molecule has 1 amide bonds. The maximum atomic E-state index is 11.8. The first kappa shape index (κ1) is 15.9. The highest BCUT2D eigenvalue weighted by Gasteiger charge is 2.19. The van der Waals surface area contributed by atoms with E-state index >= 15 is 0 Å². The molecule has 1 atom stereocenters. The highest BCUT2D eigenvalue weighted by Crippen LogP contribution is 2.20. The molecular weight excluding hydrogens is 264 g/mol. The molecule has 1 aromatic rings. The molecule has 0 saturated heterocycles. The third-order valence-electron chi connectivity index (χ3n) is 2.45. The zero-order chi connectivity index (χ0) is 14.4. The molecule has 0 aromatic carbocycles. The van der Waals surface area contributed by atoms with Crippen LogP contribution in [0.3, 0.4) is 0 Å². The van der Waals surface area contributed by atoms with Gasteiger partial charge in [0.15, 0.2) is 0 Å². The molecule has 0 spiro atoms. The average Bonchev–Trinajstić information content (AvgIpc) is 2.75. The van der Waals surface area contributed by atoms with Gasteiger partial charge < -0.3 is 10.2 Å². The Hall–Kier alpha value is -1.15. The van der Waals surface area contributed by atoms with Crippen LogP contribution in [-0.2, 0) is 11.3 Å². The Morgan fingerprint density at radius 1 is 1.42 bits per heavy atom. The van der Waals surface area contributed by atoms with Crippen molar-refractivity contribution in [1.82, 2.24) is 30.4 Å². The molecule has 1 aromatic heterocycles. The summed E-state index contributed by atoms with van der Waals surface area (Å²) in [5.74, 6) is 0.0554. The van der Waals surface area contributed by atoms with Crippen molar-refractivity contribution < 1.29 is 4.79 Å². The Labute approximate surface area is 118 Å². The van der Waals surface area contributed by atoms with E-state index in [9.17, 15) is 4.79 Å². The van der Waals surface area contributed by atoms with Crippen molar-refractivity contribution >= 4 is 17.7 Å². The molecular formula is C11H22N6OS. The molecule has 19 heavy (non-hydrogen) atoms. The number of amides is 1. The first-order valence-corrected chi connectivity index (χ1v) is 7.17. The summed E-state index contributed by atoms with van der Waals surface area (Å²) in [4.78, 5) is 13.4. The van der Waals surface area contributed by atoms with Crippen LogP contribution in [0.2, 0.25) is 0 Å². The van der Waals surface area contributed by atoms with Crippen LogP contribution < -0.4 is 5.32 Å². The molecule has 0 radical (unpaired) electrons. The molecule has 0 saturated carbocycles. The number of thioether (sulfide) groups is 1. The summed E-state index contributed by atoms with van der Waals surface area (Å²) in [7, 11) is 3.49. The molecule has 1 rings (SSSR count). The van der Waals surface area contributed by atoms with E-state index in [1.54, 1.807) is 23.7 Å². The zero-order valence-electron chi connectivity index (χ0n) is 12.1. The molecule has 108 valence electrons. The smallest absolute Gasteiger partial charge is 0.235 e. The summed E-state index contributed by atoms with van der Waals surface area (Å²) in [5.41, 5.74) is 0. The van der Waals surface area contributed by atoms with Crippen LogP contribution in [0.4, 0.5) is 0 Å². The Balaban J connectivity index is 2.55. The lowest BCUT2D eigenvalue weighted by Gasteiger charge is -2.15. The minimum Gasteiger partial charge on any atom is -0.348 e. The van der Waals surface area contributed by atoms with E-state index in [2.05, 4.69) is 34.7 Å². The van der Waals surface area contributed by atoms with Gasteiger partial charge in [-0.3, -0.25) is 4.79 Å². The lowest BCUT2D eigenvalue weighted by molar-refractivity contribution is -0.127. The fourth-order valence-electron chi connectivity index (χ4n) is 1.45. The van der Waals surface area contributed by atoms with E-state index in [1.165, 1.54) is 11.8 Å². The predicted molar refractivity (Wildman–Crippen MR) is 75.0 cm³/mol. The molecule has 0 aliphatic heterocycles. The summed E-state index contributed by atoms with van der Waals surface area (Å²) in [6, 6.07) is 0.432. The summed E-state index contributed by atoms with van der Waals surface area (Å²) in [6.07, 6.45) is 0. The van der Waals surface area contributed by atoms with Crippen LogP contribution in [0.15, 0.2) is 5.16 Å². The number of tetrazole rings is 1. The molecule has 0 aliphatic rings. The van der Waals surface area contributed by atoms with Gasteiger partial charge in [-0.15, -0.1) is 5.10 Å². The van der Waals surface area contributed by atoms with Gasteiger partial charge in [-0.05, 0) is 17.4 Å². The molecule has 0 bridgehead atoms. The Morgan fingerprint density at radius 3 is 2.68 bits per heavy atom. The molecule has 0 fully saturated rings. The fraction of sp³-hybridized carbons (Fsp3) is 0.818. The van der Waals surface area contributed by atoms with Gasteiger partial charge in [0, 0.05) is 26.7 Å². The second-order valence-corrected chi connectivity index (χ2v) is 6.09. The number of hydrogen-bond acceptors (Lipinski definition) is 6. The van der Waals surface area contributed by atoms with E-state index in [-0.39, 0.29) is 11.2 Å². The Kier molecular flexibility index (Phi) is 6.23. The monoisotopic (exact) mass is 286 g/mol. The summed E-state index contributed by atoms with van der Waals surface area (Å²) in [5, 5.41) is 15.4. The zero-order valence-corrected chi connectivity index (χ0v) is 12.9. The summed E-state index contributed by atoms with van der Waals surface area (Å²) < 4.78 is 1.72. The molecule has 1 unspecified atom stereocenters. The van der Waals surface area contributed by atoms with Crippen LogP contribution in [0.25, 0.3) is 0 Å². The quantitative estimate of drug-likeness (QED) is 0.724. The standard InChI is InChI=1S/C11H22N6OS/c1-8(2)12-6-7-17-11(13-14-15-17)19-9(3)10(18)16(4)5/h8-9,12H,6-7H2,1-5H3. The number of nitrogens with zero attached hydrogens (tertiary/aromatic N) is 5. The SMILES string of the molecule is CC(C)NCCn1nnnc1SC(C)C(=O)N(C)C. The van der Waals surface area contributed by atoms with Crippen molar-refractivity contribution in [2.45, 2.75) is 43.8 Å². The van der Waals surface area contributed by atoms with Crippen LogP contribution >= 0.6 is 11.8 Å². The van der Waals surface area contributed by atoms with E-state index in [0.29, 0.717) is 17.7 Å². The predicted octanol–water partition coefficient (Wildman–Crippen LogP) is 0.240. The van der Waals surface area contributed by atoms with Gasteiger partial charge in [0.1, 0.15) is 0 Å². The van der Waals surface area contributed by atoms with E-state index in [1.807, 2.05) is 6.92 Å². The highest BCUT2D eigenvalue weighted by atomic mass is 32.2. The number of rotatable bonds is 7. The van der Waals surface area contributed by atoms with Gasteiger partial charge in [0.25, 0.3) is 0 Å². The van der Waals surface area contributed by atoms with Crippen molar-refractivity contribution in [1.29, 1.82) is 0 Å². The van der Waals surface area contributed by atoms with Crippen LogP contribution in [0.5, 0.6) is 0 Å². The van der Waals surface area contributed by atoms with Crippen molar-refractivity contribution in [2.75, 3.05) is 20.6 Å². The number of carbonyl (C=O) groups is 1. The molecule has 8 heteroatoms. The van der Waals surface area contributed by atoms with E-state index < -0.39 is 0 Å². The van der Waals surface area contributed by atoms with Crippen LogP contribution in [-0.4, -0.2) is 62.9 Å². The molecule has 7 nitrogen and oxygen atoms in total. The van der Waals surface area contributed by atoms with Crippen molar-refractivity contribution in [3.63, 3.8) is 0 Å². The first-order chi connectivity index (χ1) is 8.91. The van der Waals surface area contributed by atoms with E-state index in [0.717, 1.165) is 6.54 Å². The number of carbonyl (C=O) groups excluding carboxylic acids is 1. The van der Waals surface area contributed by atoms with Gasteiger partial charge in [0.05, 0.1) is 11.8 Å². The summed E-state index contributed by atoms with van der Waals surface area (Å²) in [6.45, 7) is 7.53. The van der Waals surface area contributed by atoms with Gasteiger partial charge in [-0.25, -0.2) is 4.68 Å². The lowest BCUT2D eigenvalue weighted by atomic mass is 10.4. The van der Waals surface area contributed by atoms with Gasteiger partial charge in [-0.2, -0.15) is 0 Å². The van der Waals surface area contributed by atoms with Crippen molar-refractivity contribution in [2.24, 2.45) is 0 Å². The topological polar surface area (TPSA) is 75.9 Å². The minimum absolute atomic E-state index is 0.0554. The second-order valence-electron chi connectivity index (χ2n) is 4.79. The second kappa shape index (κ2) is 7.44. The number of aromatic nitrogens is 4. The molecule has 0 aliphatic carbocycles.